The Hall–Kier alpha value is -3.17. The van der Waals surface area contributed by atoms with E-state index in [9.17, 15) is 23.1 Å². The van der Waals surface area contributed by atoms with Crippen LogP contribution in [0.1, 0.15) is 49.5 Å². The van der Waals surface area contributed by atoms with Crippen LogP contribution in [0.2, 0.25) is 0 Å². The van der Waals surface area contributed by atoms with Gasteiger partial charge in [-0.25, -0.2) is 4.68 Å². The molecule has 0 aliphatic rings. The Morgan fingerprint density at radius 1 is 1.13 bits per heavy atom. The third-order valence-electron chi connectivity index (χ3n) is 4.79. The number of carboxylic acid groups (broad SMARTS) is 1. The molecule has 3 aromatic rings. The molecule has 0 fully saturated rings. The van der Waals surface area contributed by atoms with E-state index in [1.54, 1.807) is 42.8 Å². The molecule has 7 nitrogen and oxygen atoms in total. The molecule has 0 aliphatic heterocycles. The standard InChI is InChI=1S/C20H21F3N4O3/c1-10-14(15(17(28)29)19(3,4)5)11(2)27(25-10)13-8-6-12(7-9-13)16-24-18(30-26-16)20(21,22)23/h6-9,15H,1-5H3,(H,28,29). The third-order valence-corrected chi connectivity index (χ3v) is 4.79. The number of hydrogen-bond acceptors (Lipinski definition) is 5. The van der Waals surface area contributed by atoms with Gasteiger partial charge in [-0.1, -0.05) is 25.9 Å². The van der Waals surface area contributed by atoms with Crippen LogP contribution < -0.4 is 0 Å². The molecule has 10 heteroatoms. The van der Waals surface area contributed by atoms with Gasteiger partial charge in [0.25, 0.3) is 0 Å². The predicted octanol–water partition coefficient (Wildman–Crippen LogP) is 4.77. The van der Waals surface area contributed by atoms with E-state index in [4.69, 9.17) is 0 Å². The number of nitrogens with zero attached hydrogens (tertiary/aromatic N) is 4. The number of aromatic nitrogens is 4. The molecular formula is C20H21F3N4O3. The van der Waals surface area contributed by atoms with Crippen molar-refractivity contribution in [2.24, 2.45) is 5.41 Å². The fraction of sp³-hybridized carbons (Fsp3) is 0.400. The molecule has 1 N–H and O–H groups in total. The van der Waals surface area contributed by atoms with Gasteiger partial charge >= 0.3 is 18.0 Å². The predicted molar refractivity (Wildman–Crippen MR) is 101 cm³/mol. The summed E-state index contributed by atoms with van der Waals surface area (Å²) in [7, 11) is 0. The summed E-state index contributed by atoms with van der Waals surface area (Å²) in [5, 5.41) is 17.6. The van der Waals surface area contributed by atoms with Crippen LogP contribution in [-0.2, 0) is 11.0 Å². The summed E-state index contributed by atoms with van der Waals surface area (Å²) in [5.74, 6) is -3.26. The first-order chi connectivity index (χ1) is 13.8. The highest BCUT2D eigenvalue weighted by molar-refractivity contribution is 5.78. The van der Waals surface area contributed by atoms with Crippen LogP contribution in [-0.4, -0.2) is 31.0 Å². The molecule has 3 rings (SSSR count). The summed E-state index contributed by atoms with van der Waals surface area (Å²) in [4.78, 5) is 15.3. The van der Waals surface area contributed by atoms with Crippen molar-refractivity contribution in [2.45, 2.75) is 46.7 Å². The number of aryl methyl sites for hydroxylation is 1. The normalized spacial score (nSPS) is 13.5. The number of aliphatic carboxylic acids is 1. The minimum Gasteiger partial charge on any atom is -0.481 e. The van der Waals surface area contributed by atoms with E-state index < -0.39 is 29.4 Å². The van der Waals surface area contributed by atoms with Crippen LogP contribution in [0.15, 0.2) is 28.8 Å². The molecule has 0 saturated heterocycles. The van der Waals surface area contributed by atoms with Gasteiger partial charge in [0.2, 0.25) is 5.82 Å². The van der Waals surface area contributed by atoms with Gasteiger partial charge < -0.3 is 9.63 Å². The molecular weight excluding hydrogens is 401 g/mol. The SMILES string of the molecule is Cc1nn(-c2ccc(-c3noc(C(F)(F)F)n3)cc2)c(C)c1C(C(=O)O)C(C)(C)C. The summed E-state index contributed by atoms with van der Waals surface area (Å²) >= 11 is 0. The maximum Gasteiger partial charge on any atom is 0.471 e. The number of hydrogen-bond donors (Lipinski definition) is 1. The Labute approximate surface area is 170 Å². The molecule has 2 aromatic heterocycles. The van der Waals surface area contributed by atoms with E-state index >= 15 is 0 Å². The monoisotopic (exact) mass is 422 g/mol. The highest BCUT2D eigenvalue weighted by Crippen LogP contribution is 2.39. The molecule has 0 aliphatic carbocycles. The number of carboxylic acids is 1. The number of rotatable bonds is 4. The summed E-state index contributed by atoms with van der Waals surface area (Å²) < 4.78 is 43.8. The van der Waals surface area contributed by atoms with Crippen molar-refractivity contribution in [3.63, 3.8) is 0 Å². The van der Waals surface area contributed by atoms with Crippen molar-refractivity contribution in [1.82, 2.24) is 19.9 Å². The van der Waals surface area contributed by atoms with Gasteiger partial charge in [0.05, 0.1) is 17.3 Å². The Kier molecular flexibility index (Phi) is 5.21. The Morgan fingerprint density at radius 2 is 1.73 bits per heavy atom. The van der Waals surface area contributed by atoms with Gasteiger partial charge in [0, 0.05) is 16.8 Å². The van der Waals surface area contributed by atoms with Crippen molar-refractivity contribution < 1.29 is 27.6 Å². The van der Waals surface area contributed by atoms with Crippen LogP contribution in [0.4, 0.5) is 13.2 Å². The highest BCUT2D eigenvalue weighted by atomic mass is 19.4. The number of halogens is 3. The van der Waals surface area contributed by atoms with Crippen LogP contribution in [0, 0.1) is 19.3 Å². The molecule has 0 amide bonds. The minimum atomic E-state index is -4.71. The molecule has 30 heavy (non-hydrogen) atoms. The molecule has 1 unspecified atom stereocenters. The first-order valence-electron chi connectivity index (χ1n) is 9.11. The Morgan fingerprint density at radius 3 is 2.20 bits per heavy atom. The zero-order valence-electron chi connectivity index (χ0n) is 17.1. The lowest BCUT2D eigenvalue weighted by molar-refractivity contribution is -0.159. The molecule has 0 saturated carbocycles. The van der Waals surface area contributed by atoms with Gasteiger partial charge in [-0.15, -0.1) is 0 Å². The van der Waals surface area contributed by atoms with Crippen LogP contribution in [0.3, 0.4) is 0 Å². The zero-order chi connectivity index (χ0) is 22.4. The second-order valence-electron chi connectivity index (χ2n) is 8.10. The minimum absolute atomic E-state index is 0.179. The lowest BCUT2D eigenvalue weighted by atomic mass is 9.75. The van der Waals surface area contributed by atoms with Gasteiger partial charge in [0.1, 0.15) is 0 Å². The van der Waals surface area contributed by atoms with Crippen LogP contribution >= 0.6 is 0 Å². The average molecular weight is 422 g/mol. The smallest absolute Gasteiger partial charge is 0.471 e. The van der Waals surface area contributed by atoms with Crippen molar-refractivity contribution in [3.8, 4) is 17.1 Å². The summed E-state index contributed by atoms with van der Waals surface area (Å²) in [6, 6.07) is 6.40. The van der Waals surface area contributed by atoms with Crippen molar-refractivity contribution in [2.75, 3.05) is 0 Å². The molecule has 160 valence electrons. The number of benzene rings is 1. The van der Waals surface area contributed by atoms with Gasteiger partial charge in [-0.3, -0.25) is 4.79 Å². The molecule has 2 heterocycles. The molecule has 1 aromatic carbocycles. The second-order valence-corrected chi connectivity index (χ2v) is 8.10. The lowest BCUT2D eigenvalue weighted by Gasteiger charge is -2.27. The fourth-order valence-electron chi connectivity index (χ4n) is 3.46. The molecule has 0 radical (unpaired) electrons. The first kappa shape index (κ1) is 21.5. The van der Waals surface area contributed by atoms with E-state index in [-0.39, 0.29) is 5.82 Å². The summed E-state index contributed by atoms with van der Waals surface area (Å²) in [6.45, 7) is 9.12. The van der Waals surface area contributed by atoms with Crippen molar-refractivity contribution in [1.29, 1.82) is 0 Å². The van der Waals surface area contributed by atoms with Crippen LogP contribution in [0.25, 0.3) is 17.1 Å². The fourth-order valence-corrected chi connectivity index (χ4v) is 3.46. The second kappa shape index (κ2) is 7.26. The maximum atomic E-state index is 12.6. The molecule has 0 spiro atoms. The zero-order valence-corrected chi connectivity index (χ0v) is 17.1. The van der Waals surface area contributed by atoms with Gasteiger partial charge in [-0.2, -0.15) is 23.3 Å². The summed E-state index contributed by atoms with van der Waals surface area (Å²) in [6.07, 6.45) is -4.71. The third kappa shape index (κ3) is 3.94. The molecule has 0 bridgehead atoms. The van der Waals surface area contributed by atoms with Gasteiger partial charge in [0.15, 0.2) is 0 Å². The maximum absolute atomic E-state index is 12.6. The highest BCUT2D eigenvalue weighted by Gasteiger charge is 2.39. The van der Waals surface area contributed by atoms with E-state index in [2.05, 4.69) is 19.8 Å². The topological polar surface area (TPSA) is 94.0 Å². The first-order valence-corrected chi connectivity index (χ1v) is 9.11. The Bertz CT molecular complexity index is 1080. The van der Waals surface area contributed by atoms with Crippen molar-refractivity contribution in [3.05, 3.63) is 47.1 Å². The number of carbonyl (C=O) groups is 1. The quantitative estimate of drug-likeness (QED) is 0.651. The van der Waals surface area contributed by atoms with E-state index in [0.717, 1.165) is 0 Å². The van der Waals surface area contributed by atoms with Crippen molar-refractivity contribution >= 4 is 5.97 Å². The largest absolute Gasteiger partial charge is 0.481 e. The number of alkyl halides is 3. The van der Waals surface area contributed by atoms with E-state index in [1.165, 1.54) is 0 Å². The van der Waals surface area contributed by atoms with E-state index in [0.29, 0.717) is 28.2 Å². The van der Waals surface area contributed by atoms with Crippen LogP contribution in [0.5, 0.6) is 0 Å². The average Bonchev–Trinajstić information content (AvgIpc) is 3.21. The van der Waals surface area contributed by atoms with Gasteiger partial charge in [-0.05, 0) is 43.5 Å². The van der Waals surface area contributed by atoms with E-state index in [1.807, 2.05) is 20.8 Å². The Balaban J connectivity index is 1.98. The lowest BCUT2D eigenvalue weighted by Crippen LogP contribution is -2.27. The molecule has 1 atom stereocenters. The summed E-state index contributed by atoms with van der Waals surface area (Å²) in [5.41, 5.74) is 2.38.